The monoisotopic (exact) mass is 184 g/mol. The van der Waals surface area contributed by atoms with Gasteiger partial charge >= 0.3 is 0 Å². The van der Waals surface area contributed by atoms with Gasteiger partial charge in [0.25, 0.3) is 0 Å². The van der Waals surface area contributed by atoms with Crippen LogP contribution in [0.1, 0.15) is 19.8 Å². The van der Waals surface area contributed by atoms with E-state index in [1.807, 2.05) is 0 Å². The molecule has 12 heavy (non-hydrogen) atoms. The topological polar surface area (TPSA) is 17.1 Å². The van der Waals surface area contributed by atoms with Gasteiger partial charge in [-0.25, -0.2) is 0 Å². The molecule has 1 saturated carbocycles. The third-order valence-electron chi connectivity index (χ3n) is 3.36. The van der Waals surface area contributed by atoms with Crippen molar-refractivity contribution in [2.75, 3.05) is 0 Å². The summed E-state index contributed by atoms with van der Waals surface area (Å²) in [7, 11) is 0. The Kier molecular flexibility index (Phi) is 1.99. The van der Waals surface area contributed by atoms with E-state index in [9.17, 15) is 4.79 Å². The van der Waals surface area contributed by atoms with Crippen molar-refractivity contribution in [3.63, 3.8) is 0 Å². The molecule has 1 nitrogen and oxygen atoms in total. The minimum atomic E-state index is -0.126. The number of allylic oxidation sites excluding steroid dienone is 2. The highest BCUT2D eigenvalue weighted by Gasteiger charge is 2.46. The van der Waals surface area contributed by atoms with Crippen LogP contribution in [0.2, 0.25) is 0 Å². The summed E-state index contributed by atoms with van der Waals surface area (Å²) in [6, 6.07) is 0. The van der Waals surface area contributed by atoms with E-state index in [0.717, 1.165) is 12.8 Å². The van der Waals surface area contributed by atoms with Crippen LogP contribution in [0.3, 0.4) is 0 Å². The van der Waals surface area contributed by atoms with Gasteiger partial charge < -0.3 is 0 Å². The maximum Gasteiger partial charge on any atom is 0.225 e. The highest BCUT2D eigenvalue weighted by molar-refractivity contribution is 6.64. The van der Waals surface area contributed by atoms with Gasteiger partial charge in [-0.15, -0.1) is 0 Å². The van der Waals surface area contributed by atoms with Crippen molar-refractivity contribution < 1.29 is 4.79 Å². The molecule has 0 unspecified atom stereocenters. The molecule has 2 aliphatic rings. The quantitative estimate of drug-likeness (QED) is 0.476. The van der Waals surface area contributed by atoms with Crippen LogP contribution in [-0.4, -0.2) is 5.24 Å². The largest absolute Gasteiger partial charge is 0.281 e. The maximum absolute atomic E-state index is 11.1. The number of fused-ring (bicyclic) bond motifs is 2. The first-order valence-corrected chi connectivity index (χ1v) is 4.99. The summed E-state index contributed by atoms with van der Waals surface area (Å²) in [4.78, 5) is 11.1. The Morgan fingerprint density at radius 1 is 1.50 bits per heavy atom. The Hall–Kier alpha value is -0.300. The zero-order chi connectivity index (χ0) is 8.72. The van der Waals surface area contributed by atoms with E-state index in [2.05, 4.69) is 19.1 Å². The molecule has 0 aliphatic heterocycles. The van der Waals surface area contributed by atoms with E-state index in [4.69, 9.17) is 11.6 Å². The van der Waals surface area contributed by atoms with E-state index in [-0.39, 0.29) is 11.2 Å². The average Bonchev–Trinajstić information content (AvgIpc) is 2.60. The second kappa shape index (κ2) is 2.88. The smallest absolute Gasteiger partial charge is 0.225 e. The van der Waals surface area contributed by atoms with Crippen molar-refractivity contribution in [1.82, 2.24) is 0 Å². The normalized spacial score (nSPS) is 43.8. The molecular weight excluding hydrogens is 172 g/mol. The van der Waals surface area contributed by atoms with Crippen LogP contribution >= 0.6 is 11.6 Å². The summed E-state index contributed by atoms with van der Waals surface area (Å²) in [6.45, 7) is 2.14. The van der Waals surface area contributed by atoms with E-state index in [0.29, 0.717) is 17.8 Å². The predicted octanol–water partition coefficient (Wildman–Crippen LogP) is 2.60. The van der Waals surface area contributed by atoms with Crippen LogP contribution < -0.4 is 0 Å². The van der Waals surface area contributed by atoms with Crippen molar-refractivity contribution in [3.8, 4) is 0 Å². The fraction of sp³-hybridized carbons (Fsp3) is 0.700. The Labute approximate surface area is 77.8 Å². The predicted molar refractivity (Wildman–Crippen MR) is 48.9 cm³/mol. The number of halogens is 1. The van der Waals surface area contributed by atoms with Gasteiger partial charge in [0.05, 0.1) is 0 Å². The first kappa shape index (κ1) is 8.31. The highest BCUT2D eigenvalue weighted by atomic mass is 35.5. The van der Waals surface area contributed by atoms with E-state index < -0.39 is 0 Å². The minimum Gasteiger partial charge on any atom is -0.281 e. The van der Waals surface area contributed by atoms with Gasteiger partial charge in [0.15, 0.2) is 0 Å². The molecule has 2 heteroatoms. The lowest BCUT2D eigenvalue weighted by Crippen LogP contribution is -2.23. The Morgan fingerprint density at radius 2 is 2.17 bits per heavy atom. The molecule has 0 aromatic carbocycles. The number of hydrogen-bond donors (Lipinski definition) is 0. The molecule has 0 radical (unpaired) electrons. The summed E-state index contributed by atoms with van der Waals surface area (Å²) >= 11 is 5.58. The lowest BCUT2D eigenvalue weighted by Gasteiger charge is -2.23. The molecule has 66 valence electrons. The van der Waals surface area contributed by atoms with E-state index >= 15 is 0 Å². The number of rotatable bonds is 2. The van der Waals surface area contributed by atoms with Gasteiger partial charge in [0.2, 0.25) is 5.24 Å². The van der Waals surface area contributed by atoms with Crippen molar-refractivity contribution in [2.45, 2.75) is 19.8 Å². The third kappa shape index (κ3) is 1.03. The van der Waals surface area contributed by atoms with Crippen LogP contribution in [0.25, 0.3) is 0 Å². The molecule has 0 saturated heterocycles. The SMILES string of the molecule is CC[C@@H]1[C@@H](C(=O)Cl)[C@H]2C=C[C@@H]1C2. The second-order valence-electron chi connectivity index (χ2n) is 3.85. The van der Waals surface area contributed by atoms with Crippen molar-refractivity contribution in [2.24, 2.45) is 23.7 Å². The lowest BCUT2D eigenvalue weighted by atomic mass is 9.82. The fourth-order valence-corrected chi connectivity index (χ4v) is 3.14. The number of carbonyl (C=O) groups excluding carboxylic acids is 1. The van der Waals surface area contributed by atoms with Gasteiger partial charge in [-0.05, 0) is 35.8 Å². The standard InChI is InChI=1S/C10H13ClO/c1-2-8-6-3-4-7(5-6)9(8)10(11)12/h3-4,6-9H,2,5H2,1H3/t6-,7+,8+,9+/m1/s1. The summed E-state index contributed by atoms with van der Waals surface area (Å²) in [5.41, 5.74) is 0. The van der Waals surface area contributed by atoms with E-state index in [1.54, 1.807) is 0 Å². The molecule has 0 N–H and O–H groups in total. The minimum absolute atomic E-state index is 0.117. The molecule has 2 aliphatic carbocycles. The van der Waals surface area contributed by atoms with E-state index in [1.165, 1.54) is 0 Å². The summed E-state index contributed by atoms with van der Waals surface area (Å²) < 4.78 is 0. The van der Waals surface area contributed by atoms with Crippen molar-refractivity contribution >= 4 is 16.8 Å². The summed E-state index contributed by atoms with van der Waals surface area (Å²) in [6.07, 6.45) is 6.66. The van der Waals surface area contributed by atoms with Gasteiger partial charge in [0.1, 0.15) is 0 Å². The maximum atomic E-state index is 11.1. The molecule has 2 bridgehead atoms. The summed E-state index contributed by atoms with van der Waals surface area (Å²) in [5, 5.41) is -0.126. The Morgan fingerprint density at radius 3 is 2.67 bits per heavy atom. The van der Waals surface area contributed by atoms with Gasteiger partial charge in [-0.1, -0.05) is 25.5 Å². The fourth-order valence-electron chi connectivity index (χ4n) is 2.82. The third-order valence-corrected chi connectivity index (χ3v) is 3.61. The first-order valence-electron chi connectivity index (χ1n) is 4.61. The first-order chi connectivity index (χ1) is 5.74. The molecule has 2 rings (SSSR count). The van der Waals surface area contributed by atoms with Crippen LogP contribution in [-0.2, 0) is 4.79 Å². The number of hydrogen-bond acceptors (Lipinski definition) is 1. The molecular formula is C10H13ClO. The second-order valence-corrected chi connectivity index (χ2v) is 4.22. The van der Waals surface area contributed by atoms with Crippen LogP contribution in [0.4, 0.5) is 0 Å². The molecule has 0 spiro atoms. The van der Waals surface area contributed by atoms with Crippen LogP contribution in [0.15, 0.2) is 12.2 Å². The van der Waals surface area contributed by atoms with Crippen LogP contribution in [0.5, 0.6) is 0 Å². The molecule has 0 heterocycles. The zero-order valence-electron chi connectivity index (χ0n) is 7.16. The molecule has 1 fully saturated rings. The molecule has 0 amide bonds. The molecule has 0 aromatic rings. The zero-order valence-corrected chi connectivity index (χ0v) is 7.92. The van der Waals surface area contributed by atoms with Gasteiger partial charge in [-0.2, -0.15) is 0 Å². The van der Waals surface area contributed by atoms with Gasteiger partial charge in [-0.3, -0.25) is 4.79 Å². The van der Waals surface area contributed by atoms with Gasteiger partial charge in [0, 0.05) is 5.92 Å². The Bertz CT molecular complexity index is 234. The lowest BCUT2D eigenvalue weighted by molar-refractivity contribution is -0.117. The molecule has 0 aromatic heterocycles. The molecule has 4 atom stereocenters. The average molecular weight is 185 g/mol. The van der Waals surface area contributed by atoms with Crippen molar-refractivity contribution in [1.29, 1.82) is 0 Å². The number of carbonyl (C=O) groups is 1. The highest BCUT2D eigenvalue weighted by Crippen LogP contribution is 2.49. The van der Waals surface area contributed by atoms with Crippen LogP contribution in [0, 0.1) is 23.7 Å². The van der Waals surface area contributed by atoms with Crippen molar-refractivity contribution in [3.05, 3.63) is 12.2 Å². The summed E-state index contributed by atoms with van der Waals surface area (Å²) in [5.74, 6) is 1.72. The Balaban J connectivity index is 2.23.